The molecule has 5 nitrogen and oxygen atoms in total. The molecule has 1 fully saturated rings. The van der Waals surface area contributed by atoms with Crippen LogP contribution in [0, 0.1) is 0 Å². The number of hydrogen-bond donors (Lipinski definition) is 0. The van der Waals surface area contributed by atoms with E-state index in [0.29, 0.717) is 18.4 Å². The number of carbonyl (C=O) groups is 2. The van der Waals surface area contributed by atoms with Crippen LogP contribution in [0.3, 0.4) is 0 Å². The molecule has 1 aliphatic heterocycles. The fraction of sp³-hybridized carbons (Fsp3) is 0.263. The molecule has 2 aromatic carbocycles. The molecule has 0 saturated carbocycles. The van der Waals surface area contributed by atoms with Gasteiger partial charge in [0.1, 0.15) is 5.25 Å². The van der Waals surface area contributed by atoms with E-state index in [0.717, 1.165) is 4.90 Å². The highest BCUT2D eigenvalue weighted by Crippen LogP contribution is 2.25. The van der Waals surface area contributed by atoms with Crippen molar-refractivity contribution in [3.8, 4) is 0 Å². The van der Waals surface area contributed by atoms with E-state index in [-0.39, 0.29) is 17.9 Å². The maximum atomic E-state index is 12.9. The van der Waals surface area contributed by atoms with Gasteiger partial charge in [0.15, 0.2) is 9.84 Å². The van der Waals surface area contributed by atoms with Gasteiger partial charge in [-0.25, -0.2) is 8.42 Å². The summed E-state index contributed by atoms with van der Waals surface area (Å²) in [5.41, 5.74) is 0.383. The molecule has 0 spiro atoms. The van der Waals surface area contributed by atoms with E-state index in [2.05, 4.69) is 0 Å². The second-order valence-corrected chi connectivity index (χ2v) is 8.13. The summed E-state index contributed by atoms with van der Waals surface area (Å²) in [4.78, 5) is 26.8. The number of hydrogen-bond acceptors (Lipinski definition) is 4. The lowest BCUT2D eigenvalue weighted by molar-refractivity contribution is -0.127. The van der Waals surface area contributed by atoms with Crippen LogP contribution in [0.25, 0.3) is 0 Å². The van der Waals surface area contributed by atoms with E-state index in [1.54, 1.807) is 48.5 Å². The van der Waals surface area contributed by atoms with Crippen LogP contribution < -0.4 is 0 Å². The molecular weight excluding hydrogens is 338 g/mol. The number of rotatable bonds is 3. The molecule has 0 unspecified atom stereocenters. The second-order valence-electron chi connectivity index (χ2n) is 6.00. The molecule has 0 bridgehead atoms. The summed E-state index contributed by atoms with van der Waals surface area (Å²) in [5.74, 6) is -1.07. The SMILES string of the molecule is O=C(c1ccccc1)N1CCCC[C@@H](S(=O)(=O)c2ccccc2)C1=O. The lowest BCUT2D eigenvalue weighted by Gasteiger charge is -2.23. The Morgan fingerprint density at radius 2 is 1.52 bits per heavy atom. The monoisotopic (exact) mass is 357 g/mol. The fourth-order valence-corrected chi connectivity index (χ4v) is 4.74. The Balaban J connectivity index is 1.94. The largest absolute Gasteiger partial charge is 0.277 e. The third kappa shape index (κ3) is 3.49. The summed E-state index contributed by atoms with van der Waals surface area (Å²) < 4.78 is 25.8. The Bertz CT molecular complexity index is 863. The van der Waals surface area contributed by atoms with Crippen molar-refractivity contribution in [2.75, 3.05) is 6.54 Å². The molecule has 2 aromatic rings. The van der Waals surface area contributed by atoms with Crippen LogP contribution in [0.2, 0.25) is 0 Å². The van der Waals surface area contributed by atoms with Crippen molar-refractivity contribution < 1.29 is 18.0 Å². The van der Waals surface area contributed by atoms with Crippen LogP contribution in [0.15, 0.2) is 65.6 Å². The van der Waals surface area contributed by atoms with Gasteiger partial charge in [0.25, 0.3) is 5.91 Å². The Hall–Kier alpha value is -2.47. The molecule has 1 heterocycles. The predicted octanol–water partition coefficient (Wildman–Crippen LogP) is 2.68. The zero-order chi connectivity index (χ0) is 17.9. The highest BCUT2D eigenvalue weighted by atomic mass is 32.2. The molecule has 0 N–H and O–H groups in total. The lowest BCUT2D eigenvalue weighted by atomic mass is 10.2. The first-order chi connectivity index (χ1) is 12.0. The van der Waals surface area contributed by atoms with E-state index in [4.69, 9.17) is 0 Å². The van der Waals surface area contributed by atoms with E-state index >= 15 is 0 Å². The molecule has 3 rings (SSSR count). The minimum atomic E-state index is -3.83. The Morgan fingerprint density at radius 1 is 0.920 bits per heavy atom. The average molecular weight is 357 g/mol. The zero-order valence-electron chi connectivity index (χ0n) is 13.7. The van der Waals surface area contributed by atoms with E-state index < -0.39 is 26.9 Å². The summed E-state index contributed by atoms with van der Waals surface area (Å²) in [7, 11) is -3.83. The van der Waals surface area contributed by atoms with Crippen LogP contribution in [0.5, 0.6) is 0 Å². The number of nitrogens with zero attached hydrogens (tertiary/aromatic N) is 1. The summed E-state index contributed by atoms with van der Waals surface area (Å²) in [5, 5.41) is -1.22. The van der Waals surface area contributed by atoms with E-state index in [1.807, 2.05) is 0 Å². The molecule has 6 heteroatoms. The third-order valence-corrected chi connectivity index (χ3v) is 6.47. The minimum absolute atomic E-state index is 0.113. The summed E-state index contributed by atoms with van der Waals surface area (Å²) in [6.45, 7) is 0.243. The maximum Gasteiger partial charge on any atom is 0.260 e. The van der Waals surface area contributed by atoms with Crippen molar-refractivity contribution in [2.24, 2.45) is 0 Å². The van der Waals surface area contributed by atoms with Gasteiger partial charge in [-0.3, -0.25) is 14.5 Å². The topological polar surface area (TPSA) is 71.5 Å². The number of carbonyl (C=O) groups excluding carboxylic acids is 2. The molecule has 1 atom stereocenters. The molecular formula is C19H19NO4S. The third-order valence-electron chi connectivity index (χ3n) is 4.35. The van der Waals surface area contributed by atoms with Crippen molar-refractivity contribution in [3.63, 3.8) is 0 Å². The molecule has 25 heavy (non-hydrogen) atoms. The van der Waals surface area contributed by atoms with Crippen LogP contribution in [0.4, 0.5) is 0 Å². The molecule has 2 amide bonds. The van der Waals surface area contributed by atoms with Gasteiger partial charge in [0, 0.05) is 12.1 Å². The predicted molar refractivity (Wildman–Crippen MR) is 93.8 cm³/mol. The van der Waals surface area contributed by atoms with Crippen molar-refractivity contribution >= 4 is 21.7 Å². The van der Waals surface area contributed by atoms with Gasteiger partial charge < -0.3 is 0 Å². The average Bonchev–Trinajstić information content (AvgIpc) is 2.84. The summed E-state index contributed by atoms with van der Waals surface area (Å²) in [6.07, 6.45) is 1.42. The van der Waals surface area contributed by atoms with Crippen LogP contribution >= 0.6 is 0 Å². The normalized spacial score (nSPS) is 18.6. The number of amides is 2. The van der Waals surface area contributed by atoms with Gasteiger partial charge in [-0.15, -0.1) is 0 Å². The number of benzene rings is 2. The molecule has 130 valence electrons. The van der Waals surface area contributed by atoms with Crippen LogP contribution in [-0.4, -0.2) is 36.9 Å². The smallest absolute Gasteiger partial charge is 0.260 e. The maximum absolute atomic E-state index is 12.9. The van der Waals surface area contributed by atoms with Gasteiger partial charge in [0.2, 0.25) is 5.91 Å². The van der Waals surface area contributed by atoms with Crippen LogP contribution in [-0.2, 0) is 14.6 Å². The zero-order valence-corrected chi connectivity index (χ0v) is 14.5. The van der Waals surface area contributed by atoms with Gasteiger partial charge in [-0.1, -0.05) is 36.4 Å². The molecule has 0 aromatic heterocycles. The quantitative estimate of drug-likeness (QED) is 0.792. The van der Waals surface area contributed by atoms with Gasteiger partial charge in [-0.2, -0.15) is 0 Å². The molecule has 0 radical (unpaired) electrons. The number of sulfone groups is 1. The van der Waals surface area contributed by atoms with Crippen molar-refractivity contribution in [3.05, 3.63) is 66.2 Å². The standard InChI is InChI=1S/C19H19NO4S/c21-18(15-9-3-1-4-10-15)20-14-8-7-13-17(19(20)22)25(23,24)16-11-5-2-6-12-16/h1-6,9-12,17H,7-8,13-14H2/t17-/m1/s1. The number of imide groups is 1. The Kier molecular flexibility index (Phi) is 4.99. The fourth-order valence-electron chi connectivity index (χ4n) is 3.01. The van der Waals surface area contributed by atoms with Crippen molar-refractivity contribution in [2.45, 2.75) is 29.4 Å². The van der Waals surface area contributed by atoms with E-state index in [9.17, 15) is 18.0 Å². The van der Waals surface area contributed by atoms with Gasteiger partial charge in [-0.05, 0) is 43.5 Å². The Morgan fingerprint density at radius 3 is 2.16 bits per heavy atom. The highest BCUT2D eigenvalue weighted by Gasteiger charge is 2.40. The van der Waals surface area contributed by atoms with Crippen molar-refractivity contribution in [1.29, 1.82) is 0 Å². The minimum Gasteiger partial charge on any atom is -0.277 e. The van der Waals surface area contributed by atoms with E-state index in [1.165, 1.54) is 12.1 Å². The van der Waals surface area contributed by atoms with Gasteiger partial charge in [0.05, 0.1) is 4.90 Å². The Labute approximate surface area is 147 Å². The first kappa shape index (κ1) is 17.4. The molecule has 0 aliphatic carbocycles. The van der Waals surface area contributed by atoms with Gasteiger partial charge >= 0.3 is 0 Å². The highest BCUT2D eigenvalue weighted by molar-refractivity contribution is 7.92. The molecule has 1 saturated heterocycles. The first-order valence-electron chi connectivity index (χ1n) is 8.21. The second kappa shape index (κ2) is 7.19. The first-order valence-corrected chi connectivity index (χ1v) is 9.76. The summed E-state index contributed by atoms with van der Waals surface area (Å²) >= 11 is 0. The summed E-state index contributed by atoms with van der Waals surface area (Å²) in [6, 6.07) is 16.4. The lowest BCUT2D eigenvalue weighted by Crippen LogP contribution is -2.45. The number of likely N-dealkylation sites (tertiary alicyclic amines) is 1. The van der Waals surface area contributed by atoms with Crippen molar-refractivity contribution in [1.82, 2.24) is 4.90 Å². The van der Waals surface area contributed by atoms with Crippen LogP contribution in [0.1, 0.15) is 29.6 Å². The molecule has 1 aliphatic rings.